The molecule has 0 spiro atoms. The molecule has 20 heavy (non-hydrogen) atoms. The van der Waals surface area contributed by atoms with E-state index in [0.29, 0.717) is 0 Å². The number of carbonyl (C=O) groups excluding carboxylic acids is 1. The van der Waals surface area contributed by atoms with Crippen LogP contribution in [-0.2, 0) is 0 Å². The fourth-order valence-electron chi connectivity index (χ4n) is 1.58. The van der Waals surface area contributed by atoms with Crippen molar-refractivity contribution in [3.05, 3.63) is 70.0 Å². The first kappa shape index (κ1) is 13.7. The number of Topliss-reactive ketones (excluding diaryl/α,β-unsaturated/α-hetero) is 1. The van der Waals surface area contributed by atoms with Gasteiger partial charge in [-0.15, -0.1) is 0 Å². The van der Waals surface area contributed by atoms with E-state index in [2.05, 4.69) is 0 Å². The predicted octanol–water partition coefficient (Wildman–Crippen LogP) is 3.00. The molecule has 2 aromatic rings. The number of para-hydroxylation sites is 1. The maximum absolute atomic E-state index is 13.3. The second kappa shape index (κ2) is 5.92. The van der Waals surface area contributed by atoms with Gasteiger partial charge in [-0.05, 0) is 12.1 Å². The minimum atomic E-state index is -0.589. The lowest BCUT2D eigenvalue weighted by Crippen LogP contribution is -2.12. The van der Waals surface area contributed by atoms with Crippen LogP contribution in [-0.4, -0.2) is 17.3 Å². The van der Waals surface area contributed by atoms with Crippen LogP contribution in [0.2, 0.25) is 0 Å². The fourth-order valence-corrected chi connectivity index (χ4v) is 1.58. The number of halogens is 1. The minimum Gasteiger partial charge on any atom is -0.482 e. The van der Waals surface area contributed by atoms with Gasteiger partial charge in [0.15, 0.2) is 24.0 Å². The van der Waals surface area contributed by atoms with Gasteiger partial charge in [0, 0.05) is 17.7 Å². The zero-order valence-electron chi connectivity index (χ0n) is 10.3. The Labute approximate surface area is 113 Å². The Morgan fingerprint density at radius 2 is 1.95 bits per heavy atom. The molecule has 0 fully saturated rings. The first-order chi connectivity index (χ1) is 9.58. The van der Waals surface area contributed by atoms with Crippen LogP contribution in [0.5, 0.6) is 5.75 Å². The molecule has 2 rings (SSSR count). The molecule has 0 saturated carbocycles. The minimum absolute atomic E-state index is 0.0359. The highest BCUT2D eigenvalue weighted by Crippen LogP contribution is 2.17. The fraction of sp³-hybridized carbons (Fsp3) is 0.0714. The Morgan fingerprint density at radius 1 is 1.20 bits per heavy atom. The van der Waals surface area contributed by atoms with Gasteiger partial charge in [-0.25, -0.2) is 4.39 Å². The van der Waals surface area contributed by atoms with E-state index >= 15 is 0 Å². The number of hydrogen-bond acceptors (Lipinski definition) is 4. The van der Waals surface area contributed by atoms with Gasteiger partial charge in [-0.3, -0.25) is 14.9 Å². The monoisotopic (exact) mass is 275 g/mol. The van der Waals surface area contributed by atoms with Crippen molar-refractivity contribution in [1.29, 1.82) is 0 Å². The molecule has 0 radical (unpaired) electrons. The topological polar surface area (TPSA) is 69.4 Å². The van der Waals surface area contributed by atoms with E-state index in [1.807, 2.05) is 0 Å². The molecule has 0 bridgehead atoms. The number of benzene rings is 2. The molecule has 0 N–H and O–H groups in total. The van der Waals surface area contributed by atoms with Crippen LogP contribution in [0, 0.1) is 15.9 Å². The van der Waals surface area contributed by atoms with Gasteiger partial charge < -0.3 is 4.74 Å². The Kier molecular flexibility index (Phi) is 4.05. The van der Waals surface area contributed by atoms with Crippen LogP contribution >= 0.6 is 0 Å². The average Bonchev–Trinajstić information content (AvgIpc) is 2.46. The van der Waals surface area contributed by atoms with Crippen molar-refractivity contribution in [2.75, 3.05) is 6.61 Å². The van der Waals surface area contributed by atoms with Crippen molar-refractivity contribution in [2.24, 2.45) is 0 Å². The maximum Gasteiger partial charge on any atom is 0.270 e. The van der Waals surface area contributed by atoms with Crippen molar-refractivity contribution in [3.8, 4) is 5.75 Å². The summed E-state index contributed by atoms with van der Waals surface area (Å²) < 4.78 is 18.3. The van der Waals surface area contributed by atoms with Crippen molar-refractivity contribution in [1.82, 2.24) is 0 Å². The Hall–Kier alpha value is -2.76. The second-order valence-corrected chi connectivity index (χ2v) is 3.95. The van der Waals surface area contributed by atoms with Crippen LogP contribution in [0.4, 0.5) is 10.1 Å². The number of nitro benzene ring substituents is 1. The lowest BCUT2D eigenvalue weighted by Gasteiger charge is -2.06. The van der Waals surface area contributed by atoms with Gasteiger partial charge >= 0.3 is 0 Å². The highest BCUT2D eigenvalue weighted by atomic mass is 19.1. The summed E-state index contributed by atoms with van der Waals surface area (Å²) in [5.41, 5.74) is -0.0303. The van der Waals surface area contributed by atoms with E-state index in [4.69, 9.17) is 4.74 Å². The summed E-state index contributed by atoms with van der Waals surface area (Å²) in [5, 5.41) is 10.6. The maximum atomic E-state index is 13.3. The third kappa shape index (κ3) is 3.17. The number of nitrogens with zero attached hydrogens (tertiary/aromatic N) is 1. The van der Waals surface area contributed by atoms with E-state index in [-0.39, 0.29) is 23.6 Å². The third-order valence-corrected chi connectivity index (χ3v) is 2.57. The normalized spacial score (nSPS) is 10.1. The number of hydrogen-bond donors (Lipinski definition) is 0. The number of nitro groups is 1. The molecule has 0 aliphatic rings. The predicted molar refractivity (Wildman–Crippen MR) is 69.3 cm³/mol. The lowest BCUT2D eigenvalue weighted by atomic mass is 10.1. The molecular formula is C14H10FNO4. The number of ketones is 1. The summed E-state index contributed by atoms with van der Waals surface area (Å²) in [5.74, 6) is -1.07. The molecule has 0 amide bonds. The van der Waals surface area contributed by atoms with Gasteiger partial charge in [-0.2, -0.15) is 0 Å². The van der Waals surface area contributed by atoms with Crippen LogP contribution in [0.25, 0.3) is 0 Å². The van der Waals surface area contributed by atoms with E-state index < -0.39 is 16.5 Å². The zero-order valence-corrected chi connectivity index (χ0v) is 10.3. The highest BCUT2D eigenvalue weighted by Gasteiger charge is 2.12. The van der Waals surface area contributed by atoms with Crippen molar-refractivity contribution in [2.45, 2.75) is 0 Å². The average molecular weight is 275 g/mol. The summed E-state index contributed by atoms with van der Waals surface area (Å²) in [6.45, 7) is -0.387. The molecule has 0 heterocycles. The number of ether oxygens (including phenoxy) is 1. The molecule has 6 heteroatoms. The molecule has 2 aromatic carbocycles. The lowest BCUT2D eigenvalue weighted by molar-refractivity contribution is -0.384. The van der Waals surface area contributed by atoms with Crippen LogP contribution in [0.3, 0.4) is 0 Å². The molecule has 102 valence electrons. The summed E-state index contributed by atoms with van der Waals surface area (Å²) in [6, 6.07) is 11.0. The van der Waals surface area contributed by atoms with Crippen LogP contribution < -0.4 is 4.74 Å². The Morgan fingerprint density at radius 3 is 2.65 bits per heavy atom. The smallest absolute Gasteiger partial charge is 0.270 e. The van der Waals surface area contributed by atoms with Gasteiger partial charge in [-0.1, -0.05) is 24.3 Å². The standard InChI is InChI=1S/C14H10FNO4/c15-12-6-1-2-7-14(12)20-9-13(17)10-4-3-5-11(8-10)16(18)19/h1-8H,9H2. The third-order valence-electron chi connectivity index (χ3n) is 2.57. The largest absolute Gasteiger partial charge is 0.482 e. The van der Waals surface area contributed by atoms with Crippen molar-refractivity contribution >= 4 is 11.5 Å². The molecule has 0 aliphatic carbocycles. The SMILES string of the molecule is O=C(COc1ccccc1F)c1cccc([N+](=O)[O-])c1. The molecular weight excluding hydrogens is 265 g/mol. The Balaban J connectivity index is 2.07. The van der Waals surface area contributed by atoms with Crippen molar-refractivity contribution < 1.29 is 18.8 Å². The summed E-state index contributed by atoms with van der Waals surface area (Å²) in [6.07, 6.45) is 0. The first-order valence-electron chi connectivity index (χ1n) is 5.73. The van der Waals surface area contributed by atoms with E-state index in [9.17, 15) is 19.3 Å². The molecule has 0 atom stereocenters. The molecule has 0 unspecified atom stereocenters. The van der Waals surface area contributed by atoms with E-state index in [1.165, 1.54) is 36.4 Å². The second-order valence-electron chi connectivity index (χ2n) is 3.95. The molecule has 0 aliphatic heterocycles. The van der Waals surface area contributed by atoms with Crippen LogP contribution in [0.15, 0.2) is 48.5 Å². The summed E-state index contributed by atoms with van der Waals surface area (Å²) in [7, 11) is 0. The van der Waals surface area contributed by atoms with Gasteiger partial charge in [0.05, 0.1) is 4.92 Å². The molecule has 0 aromatic heterocycles. The van der Waals surface area contributed by atoms with Crippen molar-refractivity contribution in [3.63, 3.8) is 0 Å². The van der Waals surface area contributed by atoms with E-state index in [0.717, 1.165) is 6.07 Å². The zero-order chi connectivity index (χ0) is 14.5. The van der Waals surface area contributed by atoms with Gasteiger partial charge in [0.1, 0.15) is 0 Å². The van der Waals surface area contributed by atoms with Gasteiger partial charge in [0.25, 0.3) is 5.69 Å². The van der Waals surface area contributed by atoms with E-state index in [1.54, 1.807) is 6.07 Å². The first-order valence-corrected chi connectivity index (χ1v) is 5.73. The van der Waals surface area contributed by atoms with Gasteiger partial charge in [0.2, 0.25) is 0 Å². The molecule has 0 saturated heterocycles. The number of rotatable bonds is 5. The quantitative estimate of drug-likeness (QED) is 0.478. The summed E-state index contributed by atoms with van der Waals surface area (Å²) in [4.78, 5) is 21.9. The Bertz CT molecular complexity index is 657. The number of non-ortho nitro benzene ring substituents is 1. The highest BCUT2D eigenvalue weighted by molar-refractivity contribution is 5.97. The molecule has 5 nitrogen and oxygen atoms in total. The number of carbonyl (C=O) groups is 1. The summed E-state index contributed by atoms with van der Waals surface area (Å²) >= 11 is 0. The van der Waals surface area contributed by atoms with Crippen LogP contribution in [0.1, 0.15) is 10.4 Å².